The van der Waals surface area contributed by atoms with Gasteiger partial charge in [-0.25, -0.2) is 0 Å². The van der Waals surface area contributed by atoms with Gasteiger partial charge in [0, 0.05) is 6.08 Å². The van der Waals surface area contributed by atoms with E-state index in [-0.39, 0.29) is 10.7 Å². The number of anilines is 1. The number of carboxylic acids is 1. The normalized spacial score (nSPS) is 10.7. The molecule has 0 bridgehead atoms. The van der Waals surface area contributed by atoms with Gasteiger partial charge in [-0.15, -0.1) is 0 Å². The molecular formula is C21H21N2O4S-. The molecule has 0 aromatic heterocycles. The molecule has 0 aliphatic heterocycles. The van der Waals surface area contributed by atoms with Crippen LogP contribution in [0.4, 0.5) is 5.69 Å². The van der Waals surface area contributed by atoms with Gasteiger partial charge in [0.15, 0.2) is 5.11 Å². The van der Waals surface area contributed by atoms with E-state index in [1.54, 1.807) is 6.08 Å². The van der Waals surface area contributed by atoms with Gasteiger partial charge in [-0.1, -0.05) is 38.1 Å². The maximum Gasteiger partial charge on any atom is 0.250 e. The van der Waals surface area contributed by atoms with Crippen LogP contribution >= 0.6 is 12.2 Å². The first kappa shape index (κ1) is 21.1. The summed E-state index contributed by atoms with van der Waals surface area (Å²) >= 11 is 5.11. The Morgan fingerprint density at radius 3 is 2.39 bits per heavy atom. The zero-order chi connectivity index (χ0) is 20.7. The standard InChI is InChI=1S/C21H22N2O4S/c1-13(2)15-7-4-14(5-8-15)6-11-19(24)23-21(28)22-17-12-16(20(25)26)9-10-18(17)27-3/h4-13H,1-3H3,(H,25,26)(H2,22,23,24,28)/p-1/b11-6+. The number of amides is 1. The first-order valence-electron chi connectivity index (χ1n) is 8.59. The fraction of sp³-hybridized carbons (Fsp3) is 0.190. The maximum atomic E-state index is 12.1. The van der Waals surface area contributed by atoms with Crippen LogP contribution in [0.15, 0.2) is 48.5 Å². The van der Waals surface area contributed by atoms with Crippen molar-refractivity contribution >= 4 is 41.0 Å². The second-order valence-corrected chi connectivity index (χ2v) is 6.71. The van der Waals surface area contributed by atoms with E-state index in [2.05, 4.69) is 24.5 Å². The number of carbonyl (C=O) groups excluding carboxylic acids is 2. The molecule has 0 spiro atoms. The summed E-state index contributed by atoms with van der Waals surface area (Å²) in [5.74, 6) is -0.924. The van der Waals surface area contributed by atoms with E-state index in [9.17, 15) is 14.7 Å². The average Bonchev–Trinajstić information content (AvgIpc) is 2.66. The van der Waals surface area contributed by atoms with Crippen LogP contribution in [-0.4, -0.2) is 24.1 Å². The molecule has 0 aliphatic carbocycles. The van der Waals surface area contributed by atoms with Crippen LogP contribution in [-0.2, 0) is 4.79 Å². The molecule has 2 aromatic rings. The Bertz CT molecular complexity index is 905. The Kier molecular flexibility index (Phi) is 7.28. The minimum Gasteiger partial charge on any atom is -0.545 e. The third-order valence-corrected chi connectivity index (χ3v) is 4.15. The number of hydrogen-bond donors (Lipinski definition) is 2. The molecule has 0 saturated heterocycles. The summed E-state index contributed by atoms with van der Waals surface area (Å²) in [6.45, 7) is 4.23. The van der Waals surface area contributed by atoms with E-state index in [0.29, 0.717) is 17.4 Å². The highest BCUT2D eigenvalue weighted by molar-refractivity contribution is 7.80. The molecule has 0 saturated carbocycles. The fourth-order valence-corrected chi connectivity index (χ4v) is 2.61. The van der Waals surface area contributed by atoms with E-state index in [1.807, 2.05) is 24.3 Å². The van der Waals surface area contributed by atoms with Crippen LogP contribution in [0.3, 0.4) is 0 Å². The van der Waals surface area contributed by atoms with Gasteiger partial charge in [-0.2, -0.15) is 0 Å². The van der Waals surface area contributed by atoms with Crippen LogP contribution in [0.25, 0.3) is 6.08 Å². The molecule has 0 heterocycles. The smallest absolute Gasteiger partial charge is 0.250 e. The highest BCUT2D eigenvalue weighted by Crippen LogP contribution is 2.25. The summed E-state index contributed by atoms with van der Waals surface area (Å²) in [6.07, 6.45) is 3.05. The van der Waals surface area contributed by atoms with Crippen molar-refractivity contribution < 1.29 is 19.4 Å². The number of thiocarbonyl (C=S) groups is 1. The zero-order valence-electron chi connectivity index (χ0n) is 15.8. The van der Waals surface area contributed by atoms with Crippen LogP contribution in [0, 0.1) is 0 Å². The van der Waals surface area contributed by atoms with Crippen molar-refractivity contribution in [3.63, 3.8) is 0 Å². The van der Waals surface area contributed by atoms with Crippen molar-refractivity contribution in [2.75, 3.05) is 12.4 Å². The summed E-state index contributed by atoms with van der Waals surface area (Å²) < 4.78 is 5.16. The number of nitrogens with one attached hydrogen (secondary N) is 2. The molecular weight excluding hydrogens is 376 g/mol. The molecule has 2 rings (SSSR count). The van der Waals surface area contributed by atoms with Crippen LogP contribution in [0.5, 0.6) is 5.75 Å². The third-order valence-electron chi connectivity index (χ3n) is 3.95. The Morgan fingerprint density at radius 1 is 1.14 bits per heavy atom. The number of hydrogen-bond acceptors (Lipinski definition) is 5. The number of ether oxygens (including phenoxy) is 1. The minimum absolute atomic E-state index is 0.0126. The van der Waals surface area contributed by atoms with Crippen molar-refractivity contribution in [2.24, 2.45) is 0 Å². The van der Waals surface area contributed by atoms with E-state index in [4.69, 9.17) is 17.0 Å². The van der Waals surface area contributed by atoms with Crippen molar-refractivity contribution in [3.8, 4) is 5.75 Å². The van der Waals surface area contributed by atoms with Gasteiger partial charge in [-0.3, -0.25) is 10.1 Å². The van der Waals surface area contributed by atoms with Crippen molar-refractivity contribution in [1.82, 2.24) is 5.32 Å². The first-order valence-corrected chi connectivity index (χ1v) is 9.00. The molecule has 0 atom stereocenters. The predicted molar refractivity (Wildman–Crippen MR) is 111 cm³/mol. The fourth-order valence-electron chi connectivity index (χ4n) is 2.40. The van der Waals surface area contributed by atoms with Crippen molar-refractivity contribution in [2.45, 2.75) is 19.8 Å². The minimum atomic E-state index is -1.33. The topological polar surface area (TPSA) is 90.5 Å². The van der Waals surface area contributed by atoms with Gasteiger partial charge < -0.3 is 20.0 Å². The molecule has 6 nitrogen and oxygen atoms in total. The van der Waals surface area contributed by atoms with Crippen LogP contribution < -0.4 is 20.5 Å². The number of benzene rings is 2. The lowest BCUT2D eigenvalue weighted by Crippen LogP contribution is -2.33. The van der Waals surface area contributed by atoms with Crippen molar-refractivity contribution in [1.29, 1.82) is 0 Å². The lowest BCUT2D eigenvalue weighted by molar-refractivity contribution is -0.255. The van der Waals surface area contributed by atoms with Gasteiger partial charge in [0.25, 0.3) is 0 Å². The van der Waals surface area contributed by atoms with Gasteiger partial charge in [0.2, 0.25) is 5.91 Å². The maximum absolute atomic E-state index is 12.1. The summed E-state index contributed by atoms with van der Waals surface area (Å²) in [4.78, 5) is 23.1. The Balaban J connectivity index is 2.00. The number of carbonyl (C=O) groups is 2. The van der Waals surface area contributed by atoms with Gasteiger partial charge in [-0.05, 0) is 59.1 Å². The SMILES string of the molecule is COc1ccc(C(=O)[O-])cc1NC(=S)NC(=O)/C=C/c1ccc(C(C)C)cc1. The number of methoxy groups -OCH3 is 1. The highest BCUT2D eigenvalue weighted by atomic mass is 32.1. The molecule has 28 heavy (non-hydrogen) atoms. The van der Waals surface area contributed by atoms with E-state index < -0.39 is 11.9 Å². The van der Waals surface area contributed by atoms with E-state index in [0.717, 1.165) is 5.56 Å². The van der Waals surface area contributed by atoms with Crippen molar-refractivity contribution in [3.05, 3.63) is 65.2 Å². The third kappa shape index (κ3) is 5.92. The number of rotatable bonds is 6. The lowest BCUT2D eigenvalue weighted by atomic mass is 10.0. The average molecular weight is 397 g/mol. The predicted octanol–water partition coefficient (Wildman–Crippen LogP) is 2.71. The Morgan fingerprint density at radius 2 is 1.82 bits per heavy atom. The second-order valence-electron chi connectivity index (χ2n) is 6.30. The molecule has 0 unspecified atom stereocenters. The zero-order valence-corrected chi connectivity index (χ0v) is 16.6. The second kappa shape index (κ2) is 9.66. The van der Waals surface area contributed by atoms with E-state index >= 15 is 0 Å². The quantitative estimate of drug-likeness (QED) is 0.575. The molecule has 0 fully saturated rings. The van der Waals surface area contributed by atoms with Crippen LogP contribution in [0.1, 0.15) is 41.3 Å². The first-order chi connectivity index (χ1) is 13.3. The lowest BCUT2D eigenvalue weighted by Gasteiger charge is -2.14. The largest absolute Gasteiger partial charge is 0.545 e. The van der Waals surface area contributed by atoms with Gasteiger partial charge in [0.1, 0.15) is 5.75 Å². The molecule has 0 aliphatic rings. The summed E-state index contributed by atoms with van der Waals surface area (Å²) in [6, 6.07) is 12.1. The molecule has 146 valence electrons. The molecule has 2 aromatic carbocycles. The highest BCUT2D eigenvalue weighted by Gasteiger charge is 2.08. The van der Waals surface area contributed by atoms with Crippen LogP contribution in [0.2, 0.25) is 0 Å². The van der Waals surface area contributed by atoms with Gasteiger partial charge in [0.05, 0.1) is 18.8 Å². The van der Waals surface area contributed by atoms with E-state index in [1.165, 1.54) is 36.9 Å². The monoisotopic (exact) mass is 397 g/mol. The molecule has 7 heteroatoms. The summed E-state index contributed by atoms with van der Waals surface area (Å²) in [7, 11) is 1.44. The molecule has 2 N–H and O–H groups in total. The summed E-state index contributed by atoms with van der Waals surface area (Å²) in [5.41, 5.74) is 2.38. The Labute approximate surface area is 169 Å². The number of carboxylic acid groups (broad SMARTS) is 1. The number of aromatic carboxylic acids is 1. The Hall–Kier alpha value is -3.19. The summed E-state index contributed by atoms with van der Waals surface area (Å²) in [5, 5.41) is 16.3. The molecule has 1 amide bonds. The van der Waals surface area contributed by atoms with Gasteiger partial charge >= 0.3 is 0 Å². The molecule has 0 radical (unpaired) electrons.